The smallest absolute Gasteiger partial charge is 0.392 e. The summed E-state index contributed by atoms with van der Waals surface area (Å²) in [6.07, 6.45) is 3.46. The fraction of sp³-hybridized carbons (Fsp3) is 0.500. The summed E-state index contributed by atoms with van der Waals surface area (Å²) in [6.45, 7) is 1.94. The maximum Gasteiger partial charge on any atom is 0.434 e. The van der Waals surface area contributed by atoms with E-state index in [1.807, 2.05) is 31.2 Å². The summed E-state index contributed by atoms with van der Waals surface area (Å²) >= 11 is 0. The van der Waals surface area contributed by atoms with Gasteiger partial charge in [-0.1, -0.05) is 31.2 Å². The molecule has 1 aliphatic rings. The third-order valence-electron chi connectivity index (χ3n) is 4.54. The van der Waals surface area contributed by atoms with Crippen LogP contribution in [0.15, 0.2) is 33.5 Å². The number of aromatic nitrogens is 2. The molecular formula is C16H20N2O4S. The summed E-state index contributed by atoms with van der Waals surface area (Å²) in [6, 6.07) is 7.74. The van der Waals surface area contributed by atoms with E-state index in [9.17, 15) is 13.2 Å². The van der Waals surface area contributed by atoms with Crippen molar-refractivity contribution in [2.24, 2.45) is 5.92 Å². The molecule has 3 atom stereocenters. The molecule has 0 spiro atoms. The van der Waals surface area contributed by atoms with Crippen LogP contribution in [0, 0.1) is 5.92 Å². The normalized spacial score (nSPS) is 22.5. The van der Waals surface area contributed by atoms with Gasteiger partial charge in [-0.3, -0.25) is 0 Å². The van der Waals surface area contributed by atoms with Crippen LogP contribution < -0.4 is 5.76 Å². The molecule has 1 aromatic heterocycles. The van der Waals surface area contributed by atoms with Crippen molar-refractivity contribution in [1.82, 2.24) is 10.2 Å². The van der Waals surface area contributed by atoms with Gasteiger partial charge in [-0.25, -0.2) is 18.3 Å². The summed E-state index contributed by atoms with van der Waals surface area (Å²) in [4.78, 5) is 11.1. The highest BCUT2D eigenvalue weighted by molar-refractivity contribution is 7.90. The molecule has 1 unspecified atom stereocenters. The molecule has 0 saturated heterocycles. The van der Waals surface area contributed by atoms with Crippen LogP contribution in [0.25, 0.3) is 0 Å². The first-order valence-electron chi connectivity index (χ1n) is 7.66. The average molecular weight is 336 g/mol. The van der Waals surface area contributed by atoms with Crippen molar-refractivity contribution in [3.05, 3.63) is 51.8 Å². The fourth-order valence-electron chi connectivity index (χ4n) is 3.50. The summed E-state index contributed by atoms with van der Waals surface area (Å²) in [5.74, 6) is -0.00864. The zero-order valence-electron chi connectivity index (χ0n) is 13.2. The van der Waals surface area contributed by atoms with Crippen LogP contribution >= 0.6 is 0 Å². The number of rotatable bonds is 4. The van der Waals surface area contributed by atoms with Crippen molar-refractivity contribution >= 4 is 9.84 Å². The summed E-state index contributed by atoms with van der Waals surface area (Å²) < 4.78 is 29.4. The van der Waals surface area contributed by atoms with E-state index in [2.05, 4.69) is 10.2 Å². The lowest BCUT2D eigenvalue weighted by Gasteiger charge is -2.31. The van der Waals surface area contributed by atoms with E-state index < -0.39 is 20.8 Å². The first-order valence-corrected chi connectivity index (χ1v) is 9.62. The monoisotopic (exact) mass is 336 g/mol. The molecule has 1 N–H and O–H groups in total. The number of fused-ring (bicyclic) bond motifs is 1. The molecule has 0 amide bonds. The Labute approximate surface area is 134 Å². The molecule has 124 valence electrons. The van der Waals surface area contributed by atoms with Gasteiger partial charge in [-0.15, -0.1) is 5.10 Å². The molecule has 1 aromatic carbocycles. The highest BCUT2D eigenvalue weighted by atomic mass is 32.2. The van der Waals surface area contributed by atoms with Crippen LogP contribution in [-0.4, -0.2) is 24.9 Å². The Balaban J connectivity index is 1.84. The average Bonchev–Trinajstić information content (AvgIpc) is 2.92. The third kappa shape index (κ3) is 3.39. The molecule has 1 aliphatic carbocycles. The molecule has 3 rings (SSSR count). The number of hydrogen-bond acceptors (Lipinski definition) is 5. The first-order chi connectivity index (χ1) is 10.8. The number of benzene rings is 1. The Morgan fingerprint density at radius 1 is 1.39 bits per heavy atom. The van der Waals surface area contributed by atoms with Crippen LogP contribution in [0.5, 0.6) is 0 Å². The predicted molar refractivity (Wildman–Crippen MR) is 86.0 cm³/mol. The van der Waals surface area contributed by atoms with Crippen LogP contribution in [0.2, 0.25) is 0 Å². The van der Waals surface area contributed by atoms with Crippen molar-refractivity contribution in [2.45, 2.75) is 37.4 Å². The molecule has 1 heterocycles. The van der Waals surface area contributed by atoms with Crippen LogP contribution in [0.4, 0.5) is 0 Å². The van der Waals surface area contributed by atoms with Gasteiger partial charge < -0.3 is 4.42 Å². The maximum atomic E-state index is 12.2. The molecule has 0 saturated carbocycles. The van der Waals surface area contributed by atoms with E-state index in [-0.39, 0.29) is 11.8 Å². The molecule has 6 nitrogen and oxygen atoms in total. The molecule has 23 heavy (non-hydrogen) atoms. The van der Waals surface area contributed by atoms with Gasteiger partial charge in [0.15, 0.2) is 9.84 Å². The zero-order chi connectivity index (χ0) is 16.6. The summed E-state index contributed by atoms with van der Waals surface area (Å²) in [7, 11) is -3.16. The highest BCUT2D eigenvalue weighted by Crippen LogP contribution is 2.41. The third-order valence-corrected chi connectivity index (χ3v) is 6.02. The van der Waals surface area contributed by atoms with Gasteiger partial charge >= 0.3 is 5.76 Å². The van der Waals surface area contributed by atoms with Gasteiger partial charge in [0.1, 0.15) is 0 Å². The number of sulfone groups is 1. The van der Waals surface area contributed by atoms with Crippen LogP contribution in [-0.2, 0) is 16.3 Å². The van der Waals surface area contributed by atoms with Gasteiger partial charge in [-0.2, -0.15) is 0 Å². The van der Waals surface area contributed by atoms with E-state index >= 15 is 0 Å². The molecule has 2 aromatic rings. The molecule has 0 aliphatic heterocycles. The first kappa shape index (κ1) is 16.0. The number of nitrogens with one attached hydrogen (secondary N) is 1. The van der Waals surface area contributed by atoms with E-state index in [4.69, 9.17) is 4.42 Å². The minimum atomic E-state index is -3.16. The van der Waals surface area contributed by atoms with E-state index in [1.54, 1.807) is 0 Å². The van der Waals surface area contributed by atoms with Gasteiger partial charge in [0, 0.05) is 12.2 Å². The largest absolute Gasteiger partial charge is 0.434 e. The molecule has 0 fully saturated rings. The maximum absolute atomic E-state index is 12.2. The number of H-pyrrole nitrogens is 1. The molecule has 0 bridgehead atoms. The Bertz CT molecular complexity index is 853. The molecule has 7 heteroatoms. The topological polar surface area (TPSA) is 93.0 Å². The highest BCUT2D eigenvalue weighted by Gasteiger charge is 2.34. The Hall–Kier alpha value is -1.89. The van der Waals surface area contributed by atoms with Gasteiger partial charge in [0.25, 0.3) is 0 Å². The van der Waals surface area contributed by atoms with Gasteiger partial charge in [0.2, 0.25) is 5.89 Å². The second-order valence-corrected chi connectivity index (χ2v) is 8.64. The lowest BCUT2D eigenvalue weighted by atomic mass is 9.79. The lowest BCUT2D eigenvalue weighted by Crippen LogP contribution is -2.25. The second kappa shape index (κ2) is 5.96. The van der Waals surface area contributed by atoms with Gasteiger partial charge in [-0.05, 0) is 36.3 Å². The van der Waals surface area contributed by atoms with E-state index in [0.717, 1.165) is 24.0 Å². The molecular weight excluding hydrogens is 316 g/mol. The Morgan fingerprint density at radius 2 is 2.13 bits per heavy atom. The summed E-state index contributed by atoms with van der Waals surface area (Å²) in [5, 5.41) is 5.68. The van der Waals surface area contributed by atoms with E-state index in [1.165, 1.54) is 6.26 Å². The lowest BCUT2D eigenvalue weighted by molar-refractivity contribution is 0.347. The quantitative estimate of drug-likeness (QED) is 0.924. The SMILES string of the molecule is C[C@@H](C[C@@H]1Cc2ccccc2C(S(C)(=O)=O)C1)c1n[nH]c(=O)o1. The number of nitrogens with zero attached hydrogens (tertiary/aromatic N) is 1. The second-order valence-electron chi connectivity index (χ2n) is 6.41. The fourth-order valence-corrected chi connectivity index (χ4v) is 4.81. The standard InChI is InChI=1S/C16H20N2O4S/c1-10(15-17-18-16(19)22-15)7-11-8-12-5-3-4-6-13(12)14(9-11)23(2,20)21/h3-6,10-11,14H,7-9H2,1-2H3,(H,18,19)/t10-,11+,14?/m0/s1. The van der Waals surface area contributed by atoms with Crippen molar-refractivity contribution in [2.75, 3.05) is 6.26 Å². The zero-order valence-corrected chi connectivity index (χ0v) is 14.0. The Morgan fingerprint density at radius 3 is 2.78 bits per heavy atom. The van der Waals surface area contributed by atoms with Crippen molar-refractivity contribution < 1.29 is 12.8 Å². The van der Waals surface area contributed by atoms with Crippen LogP contribution in [0.1, 0.15) is 48.0 Å². The van der Waals surface area contributed by atoms with Crippen molar-refractivity contribution in [3.63, 3.8) is 0 Å². The van der Waals surface area contributed by atoms with Crippen molar-refractivity contribution in [1.29, 1.82) is 0 Å². The number of hydrogen-bond donors (Lipinski definition) is 1. The molecule has 0 radical (unpaired) electrons. The number of aromatic amines is 1. The van der Waals surface area contributed by atoms with Gasteiger partial charge in [0.05, 0.1) is 5.25 Å². The van der Waals surface area contributed by atoms with E-state index in [0.29, 0.717) is 12.3 Å². The van der Waals surface area contributed by atoms with Crippen molar-refractivity contribution in [3.8, 4) is 0 Å². The Kier molecular flexibility index (Phi) is 4.14. The summed E-state index contributed by atoms with van der Waals surface area (Å²) in [5.41, 5.74) is 2.01. The predicted octanol–water partition coefficient (Wildman–Crippen LogP) is 2.20. The minimum absolute atomic E-state index is 0.0376. The van der Waals surface area contributed by atoms with Crippen LogP contribution in [0.3, 0.4) is 0 Å². The minimum Gasteiger partial charge on any atom is -0.392 e.